The molecule has 3 rings (SSSR count). The van der Waals surface area contributed by atoms with Crippen molar-refractivity contribution in [3.63, 3.8) is 0 Å². The SMILES string of the molecule is N=C(N)N1CCC(C[C@H](N)C(=O)Nc2ccc(C(N)=O)c(OCCC3CCCCC3)c2)CC1. The molecule has 1 aromatic rings. The molecule has 33 heavy (non-hydrogen) atoms. The maximum atomic E-state index is 12.7. The van der Waals surface area contributed by atoms with Crippen molar-refractivity contribution >= 4 is 23.5 Å². The first-order valence-electron chi connectivity index (χ1n) is 12.1. The van der Waals surface area contributed by atoms with Gasteiger partial charge in [0.25, 0.3) is 5.91 Å². The van der Waals surface area contributed by atoms with Crippen LogP contribution >= 0.6 is 0 Å². The Bertz CT molecular complexity index is 831. The summed E-state index contributed by atoms with van der Waals surface area (Å²) in [5.41, 5.74) is 18.1. The zero-order valence-corrected chi connectivity index (χ0v) is 19.4. The predicted octanol–water partition coefficient (Wildman–Crippen LogP) is 2.40. The number of ether oxygens (including phenoxy) is 1. The maximum absolute atomic E-state index is 12.7. The molecule has 2 fully saturated rings. The van der Waals surface area contributed by atoms with Crippen LogP contribution in [0, 0.1) is 17.2 Å². The number of nitrogens with one attached hydrogen (secondary N) is 2. The van der Waals surface area contributed by atoms with Crippen LogP contribution in [0.5, 0.6) is 5.75 Å². The van der Waals surface area contributed by atoms with E-state index in [0.717, 1.165) is 19.3 Å². The van der Waals surface area contributed by atoms with Crippen LogP contribution in [-0.4, -0.2) is 48.4 Å². The van der Waals surface area contributed by atoms with E-state index >= 15 is 0 Å². The summed E-state index contributed by atoms with van der Waals surface area (Å²) in [5.74, 6) is 0.627. The quantitative estimate of drug-likeness (QED) is 0.282. The van der Waals surface area contributed by atoms with Crippen LogP contribution in [0.3, 0.4) is 0 Å². The molecule has 182 valence electrons. The van der Waals surface area contributed by atoms with Crippen LogP contribution in [0.15, 0.2) is 18.2 Å². The molecular weight excluding hydrogens is 420 g/mol. The van der Waals surface area contributed by atoms with Crippen LogP contribution in [-0.2, 0) is 4.79 Å². The number of carbonyl (C=O) groups excluding carboxylic acids is 2. The lowest BCUT2D eigenvalue weighted by Gasteiger charge is -2.33. The number of likely N-dealkylation sites (tertiary alicyclic amines) is 1. The maximum Gasteiger partial charge on any atom is 0.252 e. The van der Waals surface area contributed by atoms with Gasteiger partial charge in [-0.2, -0.15) is 0 Å². The number of nitrogens with two attached hydrogens (primary N) is 3. The third-order valence-electron chi connectivity index (χ3n) is 6.90. The van der Waals surface area contributed by atoms with Crippen molar-refractivity contribution in [2.24, 2.45) is 29.0 Å². The fourth-order valence-electron chi connectivity index (χ4n) is 4.85. The second-order valence-electron chi connectivity index (χ2n) is 9.36. The van der Waals surface area contributed by atoms with Crippen LogP contribution in [0.1, 0.15) is 68.1 Å². The van der Waals surface area contributed by atoms with Crippen molar-refractivity contribution in [2.45, 2.75) is 63.8 Å². The molecule has 9 heteroatoms. The van der Waals surface area contributed by atoms with Gasteiger partial charge in [0.1, 0.15) is 5.75 Å². The molecule has 1 saturated carbocycles. The molecule has 0 aromatic heterocycles. The van der Waals surface area contributed by atoms with Crippen molar-refractivity contribution in [2.75, 3.05) is 25.0 Å². The Morgan fingerprint density at radius 3 is 2.42 bits per heavy atom. The van der Waals surface area contributed by atoms with Crippen LogP contribution in [0.4, 0.5) is 5.69 Å². The van der Waals surface area contributed by atoms with Crippen molar-refractivity contribution < 1.29 is 14.3 Å². The number of benzene rings is 1. The molecule has 0 radical (unpaired) electrons. The minimum absolute atomic E-state index is 0.0895. The average molecular weight is 459 g/mol. The highest BCUT2D eigenvalue weighted by atomic mass is 16.5. The number of anilines is 1. The largest absolute Gasteiger partial charge is 0.493 e. The molecule has 1 aliphatic carbocycles. The molecule has 9 nitrogen and oxygen atoms in total. The topological polar surface area (TPSA) is 161 Å². The number of hydrogen-bond donors (Lipinski definition) is 5. The first-order valence-corrected chi connectivity index (χ1v) is 12.1. The molecule has 2 aliphatic rings. The minimum atomic E-state index is -0.648. The highest BCUT2D eigenvalue weighted by Gasteiger charge is 2.25. The van der Waals surface area contributed by atoms with Gasteiger partial charge in [-0.1, -0.05) is 32.1 Å². The van der Waals surface area contributed by atoms with E-state index in [9.17, 15) is 9.59 Å². The fraction of sp³-hybridized carbons (Fsp3) is 0.625. The Morgan fingerprint density at radius 1 is 1.09 bits per heavy atom. The Hall–Kier alpha value is -2.81. The van der Waals surface area contributed by atoms with Crippen molar-refractivity contribution in [3.05, 3.63) is 23.8 Å². The first-order chi connectivity index (χ1) is 15.8. The van der Waals surface area contributed by atoms with Crippen molar-refractivity contribution in [1.82, 2.24) is 4.90 Å². The molecule has 1 saturated heterocycles. The highest BCUT2D eigenvalue weighted by Crippen LogP contribution is 2.28. The van der Waals surface area contributed by atoms with E-state index in [1.807, 2.05) is 4.90 Å². The number of guanidine groups is 1. The van der Waals surface area contributed by atoms with Gasteiger partial charge < -0.3 is 32.2 Å². The lowest BCUT2D eigenvalue weighted by atomic mass is 9.87. The molecule has 0 bridgehead atoms. The number of amides is 2. The molecule has 0 spiro atoms. The van der Waals surface area contributed by atoms with E-state index in [1.165, 1.54) is 32.1 Å². The Kier molecular flexibility index (Phi) is 8.94. The Morgan fingerprint density at radius 2 is 1.79 bits per heavy atom. The van der Waals surface area contributed by atoms with Gasteiger partial charge in [-0.05, 0) is 49.7 Å². The van der Waals surface area contributed by atoms with Gasteiger partial charge in [0.15, 0.2) is 5.96 Å². The van der Waals surface area contributed by atoms with Crippen LogP contribution < -0.4 is 27.3 Å². The van der Waals surface area contributed by atoms with Gasteiger partial charge in [0, 0.05) is 24.8 Å². The standard InChI is InChI=1S/C24H38N6O3/c25-20(14-17-8-11-30(12-9-17)24(27)28)23(32)29-18-6-7-19(22(26)31)21(15-18)33-13-10-16-4-2-1-3-5-16/h6-7,15-17,20H,1-5,8-14,25H2,(H2,26,31)(H3,27,28)(H,29,32)/t20-/m0/s1. The van der Waals surface area contributed by atoms with E-state index < -0.39 is 11.9 Å². The fourth-order valence-corrected chi connectivity index (χ4v) is 4.85. The second kappa shape index (κ2) is 11.9. The molecule has 1 heterocycles. The zero-order valence-electron chi connectivity index (χ0n) is 19.4. The number of piperidine rings is 1. The molecule has 1 atom stereocenters. The van der Waals surface area contributed by atoms with E-state index in [0.29, 0.717) is 55.0 Å². The number of hydrogen-bond acceptors (Lipinski definition) is 5. The van der Waals surface area contributed by atoms with Gasteiger partial charge >= 0.3 is 0 Å². The summed E-state index contributed by atoms with van der Waals surface area (Å²) in [6, 6.07) is 4.23. The summed E-state index contributed by atoms with van der Waals surface area (Å²) in [6.45, 7) is 1.94. The molecule has 0 unspecified atom stereocenters. The van der Waals surface area contributed by atoms with Gasteiger partial charge in [0.2, 0.25) is 5.91 Å². The van der Waals surface area contributed by atoms with Gasteiger partial charge in [-0.25, -0.2) is 0 Å². The van der Waals surface area contributed by atoms with Crippen LogP contribution in [0.2, 0.25) is 0 Å². The summed E-state index contributed by atoms with van der Waals surface area (Å²) in [4.78, 5) is 26.3. The van der Waals surface area contributed by atoms with Crippen molar-refractivity contribution in [3.8, 4) is 5.75 Å². The summed E-state index contributed by atoms with van der Waals surface area (Å²) in [6.07, 6.45) is 9.54. The van der Waals surface area contributed by atoms with Gasteiger partial charge in [0.05, 0.1) is 18.2 Å². The van der Waals surface area contributed by atoms with E-state index in [-0.39, 0.29) is 11.9 Å². The molecule has 1 aromatic carbocycles. The smallest absolute Gasteiger partial charge is 0.252 e. The highest BCUT2D eigenvalue weighted by molar-refractivity contribution is 5.98. The number of primary amides is 1. The summed E-state index contributed by atoms with van der Waals surface area (Å²) < 4.78 is 5.92. The normalized spacial score (nSPS) is 18.5. The van der Waals surface area contributed by atoms with E-state index in [2.05, 4.69) is 5.32 Å². The molecule has 8 N–H and O–H groups in total. The number of nitrogens with zero attached hydrogens (tertiary/aromatic N) is 1. The second-order valence-corrected chi connectivity index (χ2v) is 9.36. The first kappa shape index (κ1) is 24.8. The summed E-state index contributed by atoms with van der Waals surface area (Å²) in [7, 11) is 0. The van der Waals surface area contributed by atoms with E-state index in [4.69, 9.17) is 27.3 Å². The van der Waals surface area contributed by atoms with Crippen LogP contribution in [0.25, 0.3) is 0 Å². The molecular formula is C24H38N6O3. The van der Waals surface area contributed by atoms with Gasteiger partial charge in [-0.3, -0.25) is 15.0 Å². The molecule has 1 aliphatic heterocycles. The third kappa shape index (κ3) is 7.35. The molecule has 2 amide bonds. The average Bonchev–Trinajstić information content (AvgIpc) is 2.80. The number of carbonyl (C=O) groups is 2. The Labute approximate surface area is 195 Å². The monoisotopic (exact) mass is 458 g/mol. The minimum Gasteiger partial charge on any atom is -0.493 e. The van der Waals surface area contributed by atoms with Gasteiger partial charge in [-0.15, -0.1) is 0 Å². The lowest BCUT2D eigenvalue weighted by molar-refractivity contribution is -0.117. The predicted molar refractivity (Wildman–Crippen MR) is 129 cm³/mol. The summed E-state index contributed by atoms with van der Waals surface area (Å²) >= 11 is 0. The zero-order chi connectivity index (χ0) is 23.8. The van der Waals surface area contributed by atoms with E-state index in [1.54, 1.807) is 18.2 Å². The Balaban J connectivity index is 1.53. The summed E-state index contributed by atoms with van der Waals surface area (Å²) in [5, 5.41) is 10.4. The lowest BCUT2D eigenvalue weighted by Crippen LogP contribution is -2.44. The number of rotatable bonds is 9. The third-order valence-corrected chi connectivity index (χ3v) is 6.90. The van der Waals surface area contributed by atoms with Crippen molar-refractivity contribution in [1.29, 1.82) is 5.41 Å².